The van der Waals surface area contributed by atoms with E-state index in [1.807, 2.05) is 0 Å². The van der Waals surface area contributed by atoms with Crippen molar-refractivity contribution in [3.8, 4) is 0 Å². The summed E-state index contributed by atoms with van der Waals surface area (Å²) in [5.41, 5.74) is -2.19. The molecular formula is C23H25F4N3O4S. The van der Waals surface area contributed by atoms with E-state index >= 15 is 0 Å². The van der Waals surface area contributed by atoms with E-state index in [1.54, 1.807) is 20.8 Å². The predicted octanol–water partition coefficient (Wildman–Crippen LogP) is 3.48. The Morgan fingerprint density at radius 2 is 1.51 bits per heavy atom. The van der Waals surface area contributed by atoms with Gasteiger partial charge in [-0.3, -0.25) is 18.6 Å². The van der Waals surface area contributed by atoms with Gasteiger partial charge in [0.15, 0.2) is 0 Å². The molecule has 0 spiro atoms. The predicted molar refractivity (Wildman–Crippen MR) is 125 cm³/mol. The summed E-state index contributed by atoms with van der Waals surface area (Å²) in [4.78, 5) is 38.1. The quantitative estimate of drug-likeness (QED) is 0.527. The molecule has 0 aliphatic heterocycles. The first kappa shape index (κ1) is 28.0. The number of hydrogen-bond acceptors (Lipinski definition) is 4. The Bertz CT molecular complexity index is 1100. The molecule has 0 saturated heterocycles. The number of carbonyl (C=O) groups is 3. The highest BCUT2D eigenvalue weighted by Crippen LogP contribution is 2.36. The van der Waals surface area contributed by atoms with Crippen LogP contribution in [0.1, 0.15) is 26.3 Å². The van der Waals surface area contributed by atoms with E-state index in [0.29, 0.717) is 4.90 Å². The smallest absolute Gasteiger partial charge is 0.350 e. The lowest BCUT2D eigenvalue weighted by Gasteiger charge is -2.28. The number of benzene rings is 2. The van der Waals surface area contributed by atoms with Crippen LogP contribution in [0.2, 0.25) is 0 Å². The van der Waals surface area contributed by atoms with Crippen LogP contribution in [0.25, 0.3) is 0 Å². The molecule has 0 aliphatic carbocycles. The lowest BCUT2D eigenvalue weighted by Crippen LogP contribution is -2.48. The van der Waals surface area contributed by atoms with Crippen molar-refractivity contribution in [1.82, 2.24) is 5.32 Å². The van der Waals surface area contributed by atoms with Crippen LogP contribution >= 0.6 is 0 Å². The number of hydrogen-bond donors (Lipinski definition) is 2. The maximum absolute atomic E-state index is 13.6. The second-order valence-corrected chi connectivity index (χ2v) is 10.0. The minimum Gasteiger partial charge on any atom is -0.350 e. The van der Waals surface area contributed by atoms with Gasteiger partial charge in [-0.05, 0) is 57.2 Å². The molecule has 2 aromatic rings. The Morgan fingerprint density at radius 3 is 2.09 bits per heavy atom. The Hall–Kier alpha value is -3.28. The molecule has 35 heavy (non-hydrogen) atoms. The van der Waals surface area contributed by atoms with Gasteiger partial charge in [0.1, 0.15) is 23.9 Å². The molecule has 0 radical (unpaired) electrons. The lowest BCUT2D eigenvalue weighted by atomic mass is 10.1. The summed E-state index contributed by atoms with van der Waals surface area (Å²) >= 11 is 0. The van der Waals surface area contributed by atoms with Crippen molar-refractivity contribution in [3.05, 3.63) is 59.9 Å². The maximum atomic E-state index is 13.6. The van der Waals surface area contributed by atoms with Crippen molar-refractivity contribution in [2.24, 2.45) is 0 Å². The van der Waals surface area contributed by atoms with Crippen LogP contribution in [-0.4, -0.2) is 45.5 Å². The second kappa shape index (κ2) is 11.4. The fourth-order valence-corrected chi connectivity index (χ4v) is 3.90. The third-order valence-corrected chi connectivity index (χ3v) is 5.48. The van der Waals surface area contributed by atoms with Crippen LogP contribution in [-0.2, 0) is 31.4 Å². The Kier molecular flexibility index (Phi) is 9.13. The van der Waals surface area contributed by atoms with E-state index in [1.165, 1.54) is 18.2 Å². The molecule has 2 aromatic carbocycles. The first-order valence-corrected chi connectivity index (χ1v) is 11.8. The minimum absolute atomic E-state index is 0.235. The first-order chi connectivity index (χ1) is 16.2. The van der Waals surface area contributed by atoms with Gasteiger partial charge < -0.3 is 15.5 Å². The summed E-state index contributed by atoms with van der Waals surface area (Å²) in [6.45, 7) is 4.24. The molecule has 190 valence electrons. The Balaban J connectivity index is 2.20. The van der Waals surface area contributed by atoms with Crippen molar-refractivity contribution in [2.75, 3.05) is 28.3 Å². The van der Waals surface area contributed by atoms with Gasteiger partial charge >= 0.3 is 6.18 Å². The van der Waals surface area contributed by atoms with Gasteiger partial charge in [0.05, 0.1) is 11.3 Å². The molecule has 0 bridgehead atoms. The summed E-state index contributed by atoms with van der Waals surface area (Å²) in [6.07, 6.45) is -4.82. The third-order valence-electron chi connectivity index (χ3n) is 4.32. The van der Waals surface area contributed by atoms with Gasteiger partial charge in [0.2, 0.25) is 17.7 Å². The zero-order chi connectivity index (χ0) is 26.4. The van der Waals surface area contributed by atoms with Crippen molar-refractivity contribution in [3.63, 3.8) is 0 Å². The third kappa shape index (κ3) is 9.12. The van der Waals surface area contributed by atoms with Gasteiger partial charge in [0, 0.05) is 22.0 Å². The number of halogens is 4. The summed E-state index contributed by atoms with van der Waals surface area (Å²) in [5.74, 6) is -4.44. The molecule has 0 saturated carbocycles. The van der Waals surface area contributed by atoms with Gasteiger partial charge in [-0.2, -0.15) is 13.2 Å². The monoisotopic (exact) mass is 515 g/mol. The van der Waals surface area contributed by atoms with Crippen molar-refractivity contribution >= 4 is 39.9 Å². The number of anilines is 2. The molecule has 0 unspecified atom stereocenters. The van der Waals surface area contributed by atoms with Crippen LogP contribution in [0, 0.1) is 5.82 Å². The molecule has 3 amide bonds. The van der Waals surface area contributed by atoms with Gasteiger partial charge in [-0.1, -0.05) is 12.1 Å². The van der Waals surface area contributed by atoms with Gasteiger partial charge in [-0.15, -0.1) is 0 Å². The fourth-order valence-electron chi connectivity index (χ4n) is 3.00. The van der Waals surface area contributed by atoms with E-state index in [2.05, 4.69) is 10.6 Å². The average Bonchev–Trinajstić information content (AvgIpc) is 2.71. The fraction of sp³-hybridized carbons (Fsp3) is 0.348. The highest BCUT2D eigenvalue weighted by molar-refractivity contribution is 7.86. The van der Waals surface area contributed by atoms with Crippen molar-refractivity contribution < 1.29 is 36.2 Å². The molecule has 2 N–H and O–H groups in total. The van der Waals surface area contributed by atoms with E-state index in [0.717, 1.165) is 30.3 Å². The highest BCUT2D eigenvalue weighted by atomic mass is 32.2. The van der Waals surface area contributed by atoms with E-state index in [9.17, 15) is 36.2 Å². The average molecular weight is 516 g/mol. The number of amides is 3. The molecule has 0 aromatic heterocycles. The molecule has 2 rings (SSSR count). The summed E-state index contributed by atoms with van der Waals surface area (Å²) in [7, 11) is -2.10. The summed E-state index contributed by atoms with van der Waals surface area (Å²) < 4.78 is 66.2. The summed E-state index contributed by atoms with van der Waals surface area (Å²) in [5, 5.41) is 4.95. The maximum Gasteiger partial charge on any atom is 0.418 e. The Labute approximate surface area is 202 Å². The molecule has 1 atom stereocenters. The normalized spacial score (nSPS) is 12.5. The largest absolute Gasteiger partial charge is 0.418 e. The number of nitrogens with one attached hydrogen (secondary N) is 2. The zero-order valence-electron chi connectivity index (χ0n) is 19.2. The van der Waals surface area contributed by atoms with Crippen LogP contribution in [0.3, 0.4) is 0 Å². The van der Waals surface area contributed by atoms with Crippen LogP contribution in [0.15, 0.2) is 48.5 Å². The SMILES string of the molecule is CC(C)(C)NC(=O)CN(C(=O)C[S@@](=O)CC(=O)Nc1ccc(F)cc1)c1ccccc1C(F)(F)F. The molecule has 0 aliphatic rings. The number of para-hydroxylation sites is 1. The molecular weight excluding hydrogens is 490 g/mol. The van der Waals surface area contributed by atoms with Crippen molar-refractivity contribution in [2.45, 2.75) is 32.5 Å². The lowest BCUT2D eigenvalue weighted by molar-refractivity contribution is -0.137. The summed E-state index contributed by atoms with van der Waals surface area (Å²) in [6, 6.07) is 9.00. The van der Waals surface area contributed by atoms with Gasteiger partial charge in [-0.25, -0.2) is 4.39 Å². The molecule has 0 heterocycles. The topological polar surface area (TPSA) is 95.6 Å². The van der Waals surface area contributed by atoms with E-state index in [-0.39, 0.29) is 5.69 Å². The van der Waals surface area contributed by atoms with Crippen LogP contribution in [0.5, 0.6) is 0 Å². The molecule has 0 fully saturated rings. The van der Waals surface area contributed by atoms with E-state index < -0.39 is 75.4 Å². The zero-order valence-corrected chi connectivity index (χ0v) is 20.1. The van der Waals surface area contributed by atoms with Crippen LogP contribution in [0.4, 0.5) is 28.9 Å². The second-order valence-electron chi connectivity index (χ2n) is 8.58. The minimum atomic E-state index is -4.82. The standard InChI is InChI=1S/C23H25F4N3O4S/c1-22(2,3)29-19(31)12-30(18-7-5-4-6-17(18)23(25,26)27)21(33)14-35(34)13-20(32)28-16-10-8-15(24)9-11-16/h4-11H,12-14H2,1-3H3,(H,28,32)(H,29,31)/t35-/m0/s1. The number of rotatable bonds is 8. The number of nitrogens with zero attached hydrogens (tertiary/aromatic N) is 1. The van der Waals surface area contributed by atoms with Gasteiger partial charge in [0.25, 0.3) is 0 Å². The van der Waals surface area contributed by atoms with Crippen LogP contribution < -0.4 is 15.5 Å². The Morgan fingerprint density at radius 1 is 0.914 bits per heavy atom. The highest BCUT2D eigenvalue weighted by Gasteiger charge is 2.36. The number of carbonyl (C=O) groups excluding carboxylic acids is 3. The first-order valence-electron chi connectivity index (χ1n) is 10.3. The van der Waals surface area contributed by atoms with Crippen molar-refractivity contribution in [1.29, 1.82) is 0 Å². The van der Waals surface area contributed by atoms with E-state index in [4.69, 9.17) is 0 Å². The number of alkyl halides is 3. The molecule has 12 heteroatoms. The molecule has 7 nitrogen and oxygen atoms in total.